The minimum Gasteiger partial charge on any atom is -0.397 e. The molecule has 1 amide bonds. The summed E-state index contributed by atoms with van der Waals surface area (Å²) in [6.45, 7) is 2.28. The average molecular weight is 279 g/mol. The number of nitrogens with zero attached hydrogens (tertiary/aromatic N) is 1. The topological polar surface area (TPSA) is 60.0 Å². The van der Waals surface area contributed by atoms with Crippen molar-refractivity contribution >= 4 is 28.2 Å². The molecule has 0 saturated heterocycles. The van der Waals surface area contributed by atoms with Crippen molar-refractivity contribution in [2.45, 2.75) is 13.5 Å². The van der Waals surface area contributed by atoms with Crippen LogP contribution in [-0.4, -0.2) is 10.5 Å². The van der Waals surface area contributed by atoms with E-state index < -0.39 is 0 Å². The van der Waals surface area contributed by atoms with Gasteiger partial charge in [-0.3, -0.25) is 4.79 Å². The Hall–Kier alpha value is -2.75. The van der Waals surface area contributed by atoms with Crippen LogP contribution in [0.1, 0.15) is 5.69 Å². The van der Waals surface area contributed by atoms with Crippen molar-refractivity contribution in [1.82, 2.24) is 4.57 Å². The van der Waals surface area contributed by atoms with E-state index in [9.17, 15) is 4.79 Å². The molecule has 0 aliphatic rings. The molecule has 2 aromatic carbocycles. The molecule has 0 saturated carbocycles. The third-order valence-corrected chi connectivity index (χ3v) is 3.55. The van der Waals surface area contributed by atoms with Crippen molar-refractivity contribution in [2.24, 2.45) is 0 Å². The molecule has 0 aliphatic carbocycles. The lowest BCUT2D eigenvalue weighted by molar-refractivity contribution is -0.116. The van der Waals surface area contributed by atoms with Crippen LogP contribution in [0.5, 0.6) is 0 Å². The van der Waals surface area contributed by atoms with Gasteiger partial charge < -0.3 is 15.6 Å². The van der Waals surface area contributed by atoms with Gasteiger partial charge in [-0.05, 0) is 36.6 Å². The maximum Gasteiger partial charge on any atom is 0.244 e. The second kappa shape index (κ2) is 5.32. The summed E-state index contributed by atoms with van der Waals surface area (Å²) in [5.41, 5.74) is 9.18. The predicted molar refractivity (Wildman–Crippen MR) is 86.2 cm³/mol. The van der Waals surface area contributed by atoms with Crippen molar-refractivity contribution in [3.05, 3.63) is 60.3 Å². The summed E-state index contributed by atoms with van der Waals surface area (Å²) in [5, 5.41) is 4.00. The van der Waals surface area contributed by atoms with E-state index in [1.807, 2.05) is 47.9 Å². The monoisotopic (exact) mass is 279 g/mol. The standard InChI is InChI=1S/C17H17N3O/c1-12-10-13-6-2-5-9-16(13)20(12)11-17(21)19-15-8-4-3-7-14(15)18/h2-10H,11,18H2,1H3,(H,19,21). The summed E-state index contributed by atoms with van der Waals surface area (Å²) in [6, 6.07) is 17.4. The van der Waals surface area contributed by atoms with Gasteiger partial charge in [0.15, 0.2) is 0 Å². The van der Waals surface area contributed by atoms with Crippen LogP contribution in [0.2, 0.25) is 0 Å². The normalized spacial score (nSPS) is 10.7. The minimum absolute atomic E-state index is 0.0858. The molecule has 21 heavy (non-hydrogen) atoms. The Labute approximate surface area is 123 Å². The second-order valence-corrected chi connectivity index (χ2v) is 5.07. The van der Waals surface area contributed by atoms with Gasteiger partial charge in [-0.25, -0.2) is 0 Å². The van der Waals surface area contributed by atoms with Gasteiger partial charge in [-0.1, -0.05) is 30.3 Å². The lowest BCUT2D eigenvalue weighted by Crippen LogP contribution is -2.19. The molecule has 0 spiro atoms. The number of hydrogen-bond donors (Lipinski definition) is 2. The van der Waals surface area contributed by atoms with E-state index in [0.29, 0.717) is 11.4 Å². The van der Waals surface area contributed by atoms with E-state index >= 15 is 0 Å². The highest BCUT2D eigenvalue weighted by molar-refractivity contribution is 5.94. The summed E-state index contributed by atoms with van der Waals surface area (Å²) in [7, 11) is 0. The molecule has 0 bridgehead atoms. The zero-order valence-corrected chi connectivity index (χ0v) is 11.8. The maximum absolute atomic E-state index is 12.2. The van der Waals surface area contributed by atoms with Crippen molar-refractivity contribution < 1.29 is 4.79 Å². The van der Waals surface area contributed by atoms with E-state index in [1.165, 1.54) is 0 Å². The van der Waals surface area contributed by atoms with Crippen LogP contribution in [0.3, 0.4) is 0 Å². The molecular formula is C17H17N3O. The fourth-order valence-corrected chi connectivity index (χ4v) is 2.50. The number of aryl methyl sites for hydroxylation is 1. The van der Waals surface area contributed by atoms with Gasteiger partial charge in [0.2, 0.25) is 5.91 Å². The molecule has 1 heterocycles. The number of aromatic nitrogens is 1. The van der Waals surface area contributed by atoms with Crippen LogP contribution in [0.25, 0.3) is 10.9 Å². The number of nitrogens with one attached hydrogen (secondary N) is 1. The average Bonchev–Trinajstić information content (AvgIpc) is 2.78. The van der Waals surface area contributed by atoms with E-state index in [2.05, 4.69) is 11.4 Å². The molecule has 3 aromatic rings. The fraction of sp³-hybridized carbons (Fsp3) is 0.118. The molecule has 106 valence electrons. The molecule has 4 heteroatoms. The number of carbonyl (C=O) groups excluding carboxylic acids is 1. The third-order valence-electron chi connectivity index (χ3n) is 3.55. The number of nitrogens with two attached hydrogens (primary N) is 1. The molecule has 0 atom stereocenters. The number of benzene rings is 2. The first kappa shape index (κ1) is 13.2. The SMILES string of the molecule is Cc1cc2ccccc2n1CC(=O)Nc1ccccc1N. The van der Waals surface area contributed by atoms with Crippen LogP contribution >= 0.6 is 0 Å². The van der Waals surface area contributed by atoms with Gasteiger partial charge in [0, 0.05) is 11.2 Å². The van der Waals surface area contributed by atoms with Crippen molar-refractivity contribution in [3.63, 3.8) is 0 Å². The number of rotatable bonds is 3. The predicted octanol–water partition coefficient (Wildman–Crippen LogP) is 3.17. The van der Waals surface area contributed by atoms with Gasteiger partial charge in [0.1, 0.15) is 6.54 Å². The lowest BCUT2D eigenvalue weighted by Gasteiger charge is -2.10. The summed E-state index contributed by atoms with van der Waals surface area (Å²) in [6.07, 6.45) is 0. The Morgan fingerprint density at radius 1 is 1.14 bits per heavy atom. The van der Waals surface area contributed by atoms with Crippen LogP contribution in [0.4, 0.5) is 11.4 Å². The Morgan fingerprint density at radius 2 is 1.86 bits per heavy atom. The zero-order chi connectivity index (χ0) is 14.8. The Balaban J connectivity index is 1.84. The highest BCUT2D eigenvalue weighted by Gasteiger charge is 2.10. The minimum atomic E-state index is -0.0858. The van der Waals surface area contributed by atoms with Crippen LogP contribution < -0.4 is 11.1 Å². The fourth-order valence-electron chi connectivity index (χ4n) is 2.50. The summed E-state index contributed by atoms with van der Waals surface area (Å²) in [5.74, 6) is -0.0858. The molecular weight excluding hydrogens is 262 g/mol. The Morgan fingerprint density at radius 3 is 2.67 bits per heavy atom. The van der Waals surface area contributed by atoms with Gasteiger partial charge in [0.05, 0.1) is 11.4 Å². The number of nitrogen functional groups attached to an aromatic ring is 1. The van der Waals surface area contributed by atoms with Crippen molar-refractivity contribution in [1.29, 1.82) is 0 Å². The zero-order valence-electron chi connectivity index (χ0n) is 11.8. The molecule has 3 rings (SSSR count). The van der Waals surface area contributed by atoms with Gasteiger partial charge >= 0.3 is 0 Å². The number of amides is 1. The van der Waals surface area contributed by atoms with Gasteiger partial charge in [-0.2, -0.15) is 0 Å². The second-order valence-electron chi connectivity index (χ2n) is 5.07. The number of carbonyl (C=O) groups is 1. The summed E-state index contributed by atoms with van der Waals surface area (Å²) >= 11 is 0. The highest BCUT2D eigenvalue weighted by Crippen LogP contribution is 2.20. The molecule has 0 aliphatic heterocycles. The van der Waals surface area contributed by atoms with Crippen molar-refractivity contribution in [2.75, 3.05) is 11.1 Å². The third kappa shape index (κ3) is 2.60. The van der Waals surface area contributed by atoms with E-state index in [1.54, 1.807) is 12.1 Å². The Bertz CT molecular complexity index is 805. The largest absolute Gasteiger partial charge is 0.397 e. The molecule has 0 unspecified atom stereocenters. The van der Waals surface area contributed by atoms with Gasteiger partial charge in [-0.15, -0.1) is 0 Å². The van der Waals surface area contributed by atoms with Crippen LogP contribution in [-0.2, 0) is 11.3 Å². The quantitative estimate of drug-likeness (QED) is 0.723. The van der Waals surface area contributed by atoms with Crippen molar-refractivity contribution in [3.8, 4) is 0 Å². The first-order valence-corrected chi connectivity index (χ1v) is 6.84. The summed E-state index contributed by atoms with van der Waals surface area (Å²) in [4.78, 5) is 12.2. The first-order chi connectivity index (χ1) is 10.1. The molecule has 4 nitrogen and oxygen atoms in total. The van der Waals surface area contributed by atoms with Gasteiger partial charge in [0.25, 0.3) is 0 Å². The van der Waals surface area contributed by atoms with E-state index in [-0.39, 0.29) is 12.5 Å². The molecule has 0 radical (unpaired) electrons. The van der Waals surface area contributed by atoms with Crippen LogP contribution in [0, 0.1) is 6.92 Å². The van der Waals surface area contributed by atoms with Crippen LogP contribution in [0.15, 0.2) is 54.6 Å². The highest BCUT2D eigenvalue weighted by atomic mass is 16.1. The first-order valence-electron chi connectivity index (χ1n) is 6.84. The number of para-hydroxylation sites is 3. The molecule has 0 fully saturated rings. The number of anilines is 2. The smallest absolute Gasteiger partial charge is 0.244 e. The Kier molecular flexibility index (Phi) is 3.36. The number of hydrogen-bond acceptors (Lipinski definition) is 2. The summed E-state index contributed by atoms with van der Waals surface area (Å²) < 4.78 is 2.00. The molecule has 1 aromatic heterocycles. The lowest BCUT2D eigenvalue weighted by atomic mass is 10.2. The maximum atomic E-state index is 12.2. The molecule has 3 N–H and O–H groups in total. The van der Waals surface area contributed by atoms with E-state index in [4.69, 9.17) is 5.73 Å². The van der Waals surface area contributed by atoms with E-state index in [0.717, 1.165) is 16.6 Å². The number of fused-ring (bicyclic) bond motifs is 1.